The lowest BCUT2D eigenvalue weighted by Crippen LogP contribution is -2.24. The Hall–Kier alpha value is -1.90. The number of aliphatic hydroxyl groups excluding tert-OH is 1. The van der Waals surface area contributed by atoms with E-state index in [1.165, 1.54) is 13.2 Å². The molecule has 0 atom stereocenters. The Balaban J connectivity index is 2.25. The predicted octanol–water partition coefficient (Wildman–Crippen LogP) is 0.432. The van der Waals surface area contributed by atoms with E-state index in [4.69, 9.17) is 9.84 Å². The fourth-order valence-electron chi connectivity index (χ4n) is 1.89. The first-order chi connectivity index (χ1) is 10.1. The number of hydrogen-bond donors (Lipinski definition) is 3. The normalized spacial score (nSPS) is 11.5. The summed E-state index contributed by atoms with van der Waals surface area (Å²) in [6, 6.07) is 4.66. The maximum absolute atomic E-state index is 12.4. The largest absolute Gasteiger partial charge is 0.497 e. The average Bonchev–Trinajstić information content (AvgIpc) is 2.99. The lowest BCUT2D eigenvalue weighted by Gasteiger charge is -2.12. The van der Waals surface area contributed by atoms with Gasteiger partial charge in [0.05, 0.1) is 18.2 Å². The molecule has 0 spiro atoms. The molecule has 7 nitrogen and oxygen atoms in total. The van der Waals surface area contributed by atoms with Crippen LogP contribution in [0.1, 0.15) is 11.1 Å². The second-order valence-electron chi connectivity index (χ2n) is 4.38. The van der Waals surface area contributed by atoms with Gasteiger partial charge in [0, 0.05) is 24.9 Å². The van der Waals surface area contributed by atoms with E-state index >= 15 is 0 Å². The van der Waals surface area contributed by atoms with Crippen LogP contribution in [0.5, 0.6) is 5.75 Å². The zero-order chi connectivity index (χ0) is 15.3. The Labute approximate surface area is 123 Å². The molecule has 0 amide bonds. The highest BCUT2D eigenvalue weighted by atomic mass is 32.2. The monoisotopic (exact) mass is 311 g/mol. The van der Waals surface area contributed by atoms with Crippen molar-refractivity contribution >= 4 is 10.0 Å². The molecule has 8 heteroatoms. The lowest BCUT2D eigenvalue weighted by atomic mass is 10.1. The van der Waals surface area contributed by atoms with Crippen molar-refractivity contribution in [3.05, 3.63) is 41.7 Å². The SMILES string of the molecule is COc1ccc(S(=O)(=O)NCc2cn[nH]c2)c(CCO)c1. The Kier molecular flexibility index (Phi) is 4.94. The lowest BCUT2D eigenvalue weighted by molar-refractivity contribution is 0.298. The number of methoxy groups -OCH3 is 1. The molecule has 0 saturated carbocycles. The van der Waals surface area contributed by atoms with Crippen LogP contribution in [0.15, 0.2) is 35.5 Å². The average molecular weight is 311 g/mol. The van der Waals surface area contributed by atoms with Gasteiger partial charge >= 0.3 is 0 Å². The number of aliphatic hydroxyl groups is 1. The smallest absolute Gasteiger partial charge is 0.241 e. The number of ether oxygens (including phenoxy) is 1. The highest BCUT2D eigenvalue weighted by Gasteiger charge is 2.18. The Morgan fingerprint density at radius 1 is 1.43 bits per heavy atom. The summed E-state index contributed by atoms with van der Waals surface area (Å²) >= 11 is 0. The number of nitrogens with zero attached hydrogens (tertiary/aromatic N) is 1. The van der Waals surface area contributed by atoms with E-state index in [-0.39, 0.29) is 24.5 Å². The molecule has 0 aliphatic carbocycles. The van der Waals surface area contributed by atoms with E-state index in [1.54, 1.807) is 24.5 Å². The number of rotatable bonds is 7. The molecule has 3 N–H and O–H groups in total. The molecule has 0 unspecified atom stereocenters. The Morgan fingerprint density at radius 3 is 2.86 bits per heavy atom. The van der Waals surface area contributed by atoms with Crippen molar-refractivity contribution in [1.82, 2.24) is 14.9 Å². The maximum Gasteiger partial charge on any atom is 0.241 e. The van der Waals surface area contributed by atoms with Crippen LogP contribution in [0, 0.1) is 0 Å². The second kappa shape index (κ2) is 6.70. The van der Waals surface area contributed by atoms with Crippen molar-refractivity contribution in [2.75, 3.05) is 13.7 Å². The van der Waals surface area contributed by atoms with E-state index in [9.17, 15) is 8.42 Å². The van der Waals surface area contributed by atoms with Crippen molar-refractivity contribution in [2.45, 2.75) is 17.9 Å². The summed E-state index contributed by atoms with van der Waals surface area (Å²) in [6.07, 6.45) is 3.40. The summed E-state index contributed by atoms with van der Waals surface area (Å²) in [5.41, 5.74) is 1.24. The molecule has 0 saturated heterocycles. The first-order valence-corrected chi connectivity index (χ1v) is 7.80. The van der Waals surface area contributed by atoms with Crippen molar-refractivity contribution < 1.29 is 18.3 Å². The minimum Gasteiger partial charge on any atom is -0.497 e. The maximum atomic E-state index is 12.4. The highest BCUT2D eigenvalue weighted by Crippen LogP contribution is 2.22. The fourth-order valence-corrected chi connectivity index (χ4v) is 3.16. The molecular weight excluding hydrogens is 294 g/mol. The quantitative estimate of drug-likeness (QED) is 0.688. The summed E-state index contributed by atoms with van der Waals surface area (Å²) in [5.74, 6) is 0.548. The van der Waals surface area contributed by atoms with Gasteiger partial charge in [-0.3, -0.25) is 5.10 Å². The number of H-pyrrole nitrogens is 1. The van der Waals surface area contributed by atoms with Gasteiger partial charge in [-0.1, -0.05) is 0 Å². The molecule has 0 aliphatic rings. The summed E-state index contributed by atoms with van der Waals surface area (Å²) in [4.78, 5) is 0.140. The third-order valence-electron chi connectivity index (χ3n) is 2.96. The van der Waals surface area contributed by atoms with Crippen LogP contribution in [0.4, 0.5) is 0 Å². The van der Waals surface area contributed by atoms with Crippen LogP contribution in [0.25, 0.3) is 0 Å². The molecule has 2 rings (SSSR count). The number of hydrogen-bond acceptors (Lipinski definition) is 5. The van der Waals surface area contributed by atoms with Gasteiger partial charge in [-0.15, -0.1) is 0 Å². The molecule has 114 valence electrons. The van der Waals surface area contributed by atoms with Crippen molar-refractivity contribution in [3.63, 3.8) is 0 Å². The molecule has 1 aromatic carbocycles. The zero-order valence-electron chi connectivity index (χ0n) is 11.5. The standard InChI is InChI=1S/C13H17N3O4S/c1-20-12-2-3-13(11(6-12)4-5-17)21(18,19)16-9-10-7-14-15-8-10/h2-3,6-8,16-17H,4-5,9H2,1H3,(H,14,15). The Morgan fingerprint density at radius 2 is 2.24 bits per heavy atom. The third kappa shape index (κ3) is 3.81. The van der Waals surface area contributed by atoms with Crippen LogP contribution >= 0.6 is 0 Å². The fraction of sp³-hybridized carbons (Fsp3) is 0.308. The first kappa shape index (κ1) is 15.5. The number of aromatic nitrogens is 2. The molecule has 0 aliphatic heterocycles. The van der Waals surface area contributed by atoms with Gasteiger partial charge in [-0.25, -0.2) is 13.1 Å². The van der Waals surface area contributed by atoms with Crippen LogP contribution in [-0.4, -0.2) is 37.4 Å². The molecule has 0 bridgehead atoms. The van der Waals surface area contributed by atoms with E-state index in [0.717, 1.165) is 5.56 Å². The van der Waals surface area contributed by atoms with Gasteiger partial charge in [0.15, 0.2) is 0 Å². The van der Waals surface area contributed by atoms with E-state index in [2.05, 4.69) is 14.9 Å². The van der Waals surface area contributed by atoms with E-state index < -0.39 is 10.0 Å². The van der Waals surface area contributed by atoms with Crippen molar-refractivity contribution in [2.24, 2.45) is 0 Å². The van der Waals surface area contributed by atoms with Crippen LogP contribution in [0.2, 0.25) is 0 Å². The third-order valence-corrected chi connectivity index (χ3v) is 4.46. The van der Waals surface area contributed by atoms with Gasteiger partial charge in [0.1, 0.15) is 5.75 Å². The summed E-state index contributed by atoms with van der Waals surface area (Å²) in [7, 11) is -2.17. The van der Waals surface area contributed by atoms with Gasteiger partial charge in [0.25, 0.3) is 0 Å². The zero-order valence-corrected chi connectivity index (χ0v) is 12.4. The van der Waals surface area contributed by atoms with Crippen molar-refractivity contribution in [1.29, 1.82) is 0 Å². The summed E-state index contributed by atoms with van der Waals surface area (Å²) < 4.78 is 32.3. The minimum atomic E-state index is -3.67. The van der Waals surface area contributed by atoms with Gasteiger partial charge in [-0.05, 0) is 30.2 Å². The van der Waals surface area contributed by atoms with Gasteiger partial charge in [-0.2, -0.15) is 5.10 Å². The molecule has 2 aromatic rings. The molecule has 0 fully saturated rings. The van der Waals surface area contributed by atoms with E-state index in [1.807, 2.05) is 0 Å². The molecule has 21 heavy (non-hydrogen) atoms. The number of aromatic amines is 1. The van der Waals surface area contributed by atoms with Gasteiger partial charge in [0.2, 0.25) is 10.0 Å². The topological polar surface area (TPSA) is 104 Å². The molecule has 1 aromatic heterocycles. The van der Waals surface area contributed by atoms with Crippen LogP contribution in [0.3, 0.4) is 0 Å². The Bertz CT molecular complexity index is 683. The van der Waals surface area contributed by atoms with E-state index in [0.29, 0.717) is 11.3 Å². The summed E-state index contributed by atoms with van der Waals surface area (Å²) in [5, 5.41) is 15.5. The second-order valence-corrected chi connectivity index (χ2v) is 6.11. The molecule has 0 radical (unpaired) electrons. The van der Waals surface area contributed by atoms with Crippen LogP contribution in [-0.2, 0) is 23.0 Å². The predicted molar refractivity (Wildman–Crippen MR) is 76.4 cm³/mol. The summed E-state index contributed by atoms with van der Waals surface area (Å²) in [6.45, 7) is 0.000839. The van der Waals surface area contributed by atoms with Crippen LogP contribution < -0.4 is 9.46 Å². The first-order valence-electron chi connectivity index (χ1n) is 6.32. The van der Waals surface area contributed by atoms with Gasteiger partial charge < -0.3 is 9.84 Å². The number of sulfonamides is 1. The highest BCUT2D eigenvalue weighted by molar-refractivity contribution is 7.89. The minimum absolute atomic E-state index is 0.140. The molecular formula is C13H17N3O4S. The molecule has 1 heterocycles. The number of nitrogens with one attached hydrogen (secondary N) is 2. The number of benzene rings is 1. The van der Waals surface area contributed by atoms with Crippen molar-refractivity contribution in [3.8, 4) is 5.75 Å².